The Hall–Kier alpha value is -7.11. The van der Waals surface area contributed by atoms with Crippen molar-refractivity contribution >= 4 is 32.7 Å². The first kappa shape index (κ1) is 30.5. The average molecular weight is 694 g/mol. The third-order valence-corrected chi connectivity index (χ3v) is 10.7. The van der Waals surface area contributed by atoms with Crippen LogP contribution >= 0.6 is 0 Å². The molecule has 1 aliphatic carbocycles. The van der Waals surface area contributed by atoms with Crippen LogP contribution < -0.4 is 4.74 Å². The molecular weight excluding hydrogens is 663 g/mol. The maximum Gasteiger partial charge on any atom is 0.164 e. The van der Waals surface area contributed by atoms with Crippen molar-refractivity contribution in [1.82, 2.24) is 15.0 Å². The number of rotatable bonds is 5. The van der Waals surface area contributed by atoms with Gasteiger partial charge in [0.15, 0.2) is 17.5 Å². The summed E-state index contributed by atoms with van der Waals surface area (Å²) < 4.78 is 13.0. The lowest BCUT2D eigenvalue weighted by Crippen LogP contribution is -2.16. The van der Waals surface area contributed by atoms with Gasteiger partial charge in [0.25, 0.3) is 0 Å². The highest BCUT2D eigenvalue weighted by molar-refractivity contribution is 6.15. The van der Waals surface area contributed by atoms with E-state index in [1.807, 2.05) is 36.4 Å². The molecule has 5 nitrogen and oxygen atoms in total. The van der Waals surface area contributed by atoms with Crippen molar-refractivity contribution in [2.45, 2.75) is 12.0 Å². The minimum Gasteiger partial charge on any atom is -0.485 e. The van der Waals surface area contributed by atoms with Crippen molar-refractivity contribution in [2.75, 3.05) is 0 Å². The number of hydrogen-bond acceptors (Lipinski definition) is 5. The number of para-hydroxylation sites is 1. The van der Waals surface area contributed by atoms with Gasteiger partial charge < -0.3 is 9.15 Å². The summed E-state index contributed by atoms with van der Waals surface area (Å²) >= 11 is 0. The van der Waals surface area contributed by atoms with Crippen molar-refractivity contribution in [3.8, 4) is 62.2 Å². The molecule has 0 radical (unpaired) electrons. The Morgan fingerprint density at radius 2 is 1.07 bits per heavy atom. The van der Waals surface area contributed by atoms with E-state index in [-0.39, 0.29) is 12.0 Å². The molecule has 3 heterocycles. The number of benzene rings is 7. The molecule has 0 N–H and O–H groups in total. The number of allylic oxidation sites excluding steroid dienone is 2. The molecule has 1 aliphatic heterocycles. The Balaban J connectivity index is 1.11. The third kappa shape index (κ3) is 4.90. The summed E-state index contributed by atoms with van der Waals surface area (Å²) in [5.74, 6) is 2.72. The topological polar surface area (TPSA) is 61.0 Å². The first-order valence-electron chi connectivity index (χ1n) is 18.3. The molecule has 0 amide bonds. The molecule has 0 saturated carbocycles. The van der Waals surface area contributed by atoms with Gasteiger partial charge in [-0.1, -0.05) is 158 Å². The molecule has 254 valence electrons. The molecule has 7 aromatic carbocycles. The van der Waals surface area contributed by atoms with Crippen LogP contribution in [-0.2, 0) is 0 Å². The summed E-state index contributed by atoms with van der Waals surface area (Å²) in [6.45, 7) is 0. The molecule has 0 fully saturated rings. The Bertz CT molecular complexity index is 2970. The lowest BCUT2D eigenvalue weighted by atomic mass is 9.88. The van der Waals surface area contributed by atoms with E-state index in [0.29, 0.717) is 17.5 Å². The van der Waals surface area contributed by atoms with E-state index >= 15 is 0 Å². The van der Waals surface area contributed by atoms with E-state index in [0.717, 1.165) is 66.6 Å². The number of hydrogen-bond donors (Lipinski definition) is 0. The second-order valence-electron chi connectivity index (χ2n) is 13.8. The molecule has 5 heteroatoms. The van der Waals surface area contributed by atoms with Crippen LogP contribution in [0.5, 0.6) is 5.75 Å². The first-order valence-corrected chi connectivity index (χ1v) is 18.3. The highest BCUT2D eigenvalue weighted by atomic mass is 16.5. The van der Waals surface area contributed by atoms with E-state index in [1.54, 1.807) is 0 Å². The smallest absolute Gasteiger partial charge is 0.164 e. The van der Waals surface area contributed by atoms with E-state index in [1.165, 1.54) is 16.3 Å². The van der Waals surface area contributed by atoms with Gasteiger partial charge in [0.2, 0.25) is 0 Å². The minimum atomic E-state index is -0.0570. The summed E-state index contributed by atoms with van der Waals surface area (Å²) in [6.07, 6.45) is 8.40. The van der Waals surface area contributed by atoms with Crippen LogP contribution in [0.3, 0.4) is 0 Å². The fraction of sp³-hybridized carbons (Fsp3) is 0.0408. The molecular formula is C49H31N3O2. The predicted molar refractivity (Wildman–Crippen MR) is 217 cm³/mol. The van der Waals surface area contributed by atoms with Gasteiger partial charge >= 0.3 is 0 Å². The van der Waals surface area contributed by atoms with Crippen LogP contribution in [0.25, 0.3) is 89.1 Å². The summed E-state index contributed by atoms with van der Waals surface area (Å²) in [5.41, 5.74) is 9.91. The molecule has 2 aliphatic rings. The van der Waals surface area contributed by atoms with Gasteiger partial charge in [-0.05, 0) is 45.7 Å². The van der Waals surface area contributed by atoms with E-state index in [4.69, 9.17) is 24.1 Å². The van der Waals surface area contributed by atoms with Gasteiger partial charge in [0.05, 0.1) is 0 Å². The molecule has 2 atom stereocenters. The standard InChI is InChI=1S/C49H31N3O2/c1-2-12-31(13-3-1)36-19-9-20-38-45-40(22-11-25-43(45)54-46(36)38)49-51-47(33-28-26-32(27-29-33)35-18-8-15-30-14-4-5-16-34(30)35)50-48(52-49)39-21-10-24-42-44(39)37-17-6-7-23-41(37)53-42/h1-29,37,41H. The van der Waals surface area contributed by atoms with Crippen molar-refractivity contribution in [1.29, 1.82) is 0 Å². The van der Waals surface area contributed by atoms with E-state index < -0.39 is 0 Å². The van der Waals surface area contributed by atoms with Crippen molar-refractivity contribution in [3.63, 3.8) is 0 Å². The van der Waals surface area contributed by atoms with Crippen molar-refractivity contribution < 1.29 is 9.15 Å². The zero-order valence-corrected chi connectivity index (χ0v) is 29.1. The van der Waals surface area contributed by atoms with Gasteiger partial charge in [-0.25, -0.2) is 15.0 Å². The zero-order valence-electron chi connectivity index (χ0n) is 29.1. The van der Waals surface area contributed by atoms with Gasteiger partial charge in [-0.2, -0.15) is 0 Å². The first-order chi connectivity index (χ1) is 26.8. The highest BCUT2D eigenvalue weighted by Crippen LogP contribution is 2.46. The van der Waals surface area contributed by atoms with Crippen molar-refractivity contribution in [2.24, 2.45) is 0 Å². The third-order valence-electron chi connectivity index (χ3n) is 10.7. The SMILES string of the molecule is C1=CC2Oc3cccc(-c4nc(-c5ccc(-c6cccc7ccccc67)cc5)nc(-c5cccc6oc7c(-c8ccccc8)cccc7c56)n4)c3C2C=C1. The number of ether oxygens (including phenoxy) is 1. The molecule has 2 aromatic heterocycles. The van der Waals surface area contributed by atoms with Gasteiger partial charge in [0, 0.05) is 44.5 Å². The molecule has 0 bridgehead atoms. The van der Waals surface area contributed by atoms with Gasteiger partial charge in [-0.15, -0.1) is 0 Å². The molecule has 9 aromatic rings. The molecule has 0 saturated heterocycles. The van der Waals surface area contributed by atoms with Crippen LogP contribution in [-0.4, -0.2) is 21.1 Å². The van der Waals surface area contributed by atoms with E-state index in [9.17, 15) is 0 Å². The maximum atomic E-state index is 6.63. The Kier molecular flexibility index (Phi) is 6.92. The number of nitrogens with zero attached hydrogens (tertiary/aromatic N) is 3. The molecule has 0 spiro atoms. The Labute approximate surface area is 311 Å². The lowest BCUT2D eigenvalue weighted by molar-refractivity contribution is 0.269. The monoisotopic (exact) mass is 693 g/mol. The fourth-order valence-electron chi connectivity index (χ4n) is 8.19. The molecule has 11 rings (SSSR count). The zero-order chi connectivity index (χ0) is 35.6. The lowest BCUT2D eigenvalue weighted by Gasteiger charge is -2.16. The normalized spacial score (nSPS) is 15.8. The van der Waals surface area contributed by atoms with Crippen molar-refractivity contribution in [3.05, 3.63) is 182 Å². The van der Waals surface area contributed by atoms with Crippen LogP contribution in [0.4, 0.5) is 0 Å². The predicted octanol–water partition coefficient (Wildman–Crippen LogP) is 12.2. The highest BCUT2D eigenvalue weighted by Gasteiger charge is 2.35. The summed E-state index contributed by atoms with van der Waals surface area (Å²) in [4.78, 5) is 15.7. The van der Waals surface area contributed by atoms with Crippen LogP contribution in [0.1, 0.15) is 11.5 Å². The fourth-order valence-corrected chi connectivity index (χ4v) is 8.19. The largest absolute Gasteiger partial charge is 0.485 e. The van der Waals surface area contributed by atoms with E-state index in [2.05, 4.69) is 140 Å². The van der Waals surface area contributed by atoms with Gasteiger partial charge in [0.1, 0.15) is 23.0 Å². The Morgan fingerprint density at radius 3 is 1.98 bits per heavy atom. The molecule has 2 unspecified atom stereocenters. The quantitative estimate of drug-likeness (QED) is 0.180. The number of fused-ring (bicyclic) bond motifs is 7. The summed E-state index contributed by atoms with van der Waals surface area (Å²) in [5, 5.41) is 4.42. The second kappa shape index (κ2) is 12.2. The van der Waals surface area contributed by atoms with Gasteiger partial charge in [-0.3, -0.25) is 0 Å². The van der Waals surface area contributed by atoms with Crippen LogP contribution in [0, 0.1) is 0 Å². The average Bonchev–Trinajstić information content (AvgIpc) is 3.83. The molecule has 54 heavy (non-hydrogen) atoms. The number of furan rings is 1. The second-order valence-corrected chi connectivity index (χ2v) is 13.8. The maximum absolute atomic E-state index is 6.63. The van der Waals surface area contributed by atoms with Crippen LogP contribution in [0.15, 0.2) is 180 Å². The summed E-state index contributed by atoms with van der Waals surface area (Å²) in [7, 11) is 0. The number of aromatic nitrogens is 3. The summed E-state index contributed by atoms with van der Waals surface area (Å²) in [6, 6.07) is 52.5. The van der Waals surface area contributed by atoms with Crippen LogP contribution in [0.2, 0.25) is 0 Å². The minimum absolute atomic E-state index is 0.0570. The Morgan fingerprint density at radius 1 is 0.444 bits per heavy atom.